The molecule has 1 heterocycles. The number of nitrogens with two attached hydrogens (primary N) is 1. The maximum absolute atomic E-state index is 11.3. The van der Waals surface area contributed by atoms with Crippen molar-refractivity contribution in [2.75, 3.05) is 5.32 Å². The molecule has 2 aromatic rings. The number of pyridine rings is 1. The van der Waals surface area contributed by atoms with Crippen LogP contribution in [0.1, 0.15) is 10.4 Å². The van der Waals surface area contributed by atoms with Crippen LogP contribution in [-0.4, -0.2) is 16.0 Å². The molecule has 0 saturated heterocycles. The van der Waals surface area contributed by atoms with Crippen LogP contribution in [0.4, 0.5) is 11.4 Å². The summed E-state index contributed by atoms with van der Waals surface area (Å²) in [6, 6.07) is 6.54. The topological polar surface area (TPSA) is 88.2 Å². The summed E-state index contributed by atoms with van der Waals surface area (Å²) < 4.78 is 0.526. The molecule has 0 aliphatic rings. The van der Waals surface area contributed by atoms with Gasteiger partial charge in [0.2, 0.25) is 0 Å². The normalized spacial score (nSPS) is 10.2. The Hall–Kier alpha value is -1.79. The average Bonchev–Trinajstić information content (AvgIpc) is 2.35. The third-order valence-corrected chi connectivity index (χ3v) is 3.24. The molecular formula is C12H9BrClN3O2. The molecule has 7 heteroatoms. The van der Waals surface area contributed by atoms with Gasteiger partial charge in [-0.2, -0.15) is 0 Å². The lowest BCUT2D eigenvalue weighted by Gasteiger charge is -2.12. The van der Waals surface area contributed by atoms with Crippen LogP contribution < -0.4 is 11.1 Å². The lowest BCUT2D eigenvalue weighted by Crippen LogP contribution is -2.13. The second-order valence-corrected chi connectivity index (χ2v) is 4.92. The summed E-state index contributed by atoms with van der Waals surface area (Å²) >= 11 is 8.99. The molecule has 4 N–H and O–H groups in total. The van der Waals surface area contributed by atoms with Gasteiger partial charge < -0.3 is 16.2 Å². The third kappa shape index (κ3) is 2.97. The van der Waals surface area contributed by atoms with Gasteiger partial charge >= 0.3 is 0 Å². The van der Waals surface area contributed by atoms with Crippen LogP contribution in [0.25, 0.3) is 0 Å². The van der Waals surface area contributed by atoms with Crippen LogP contribution in [0, 0.1) is 0 Å². The molecule has 5 nitrogen and oxygen atoms in total. The lowest BCUT2D eigenvalue weighted by molar-refractivity contribution is 0.100. The number of rotatable bonds is 3. The van der Waals surface area contributed by atoms with Crippen LogP contribution in [0.15, 0.2) is 34.9 Å². The van der Waals surface area contributed by atoms with Gasteiger partial charge in [0, 0.05) is 6.20 Å². The number of nitrogens with one attached hydrogen (secondary N) is 1. The monoisotopic (exact) mass is 341 g/mol. The Bertz CT molecular complexity index is 649. The second-order valence-electron chi connectivity index (χ2n) is 3.68. The number of para-hydroxylation sites is 1. The lowest BCUT2D eigenvalue weighted by atomic mass is 10.2. The zero-order chi connectivity index (χ0) is 14.0. The van der Waals surface area contributed by atoms with Gasteiger partial charge in [0.25, 0.3) is 5.91 Å². The van der Waals surface area contributed by atoms with E-state index in [0.717, 1.165) is 0 Å². The Labute approximate surface area is 122 Å². The fourth-order valence-corrected chi connectivity index (χ4v) is 2.02. The molecule has 0 spiro atoms. The van der Waals surface area contributed by atoms with Crippen molar-refractivity contribution in [3.63, 3.8) is 0 Å². The Morgan fingerprint density at radius 1 is 1.42 bits per heavy atom. The number of nitrogens with zero attached hydrogens (tertiary/aromatic N) is 1. The van der Waals surface area contributed by atoms with Gasteiger partial charge in [-0.15, -0.1) is 0 Å². The number of carbonyl (C=O) groups excluding carboxylic acids is 1. The Morgan fingerprint density at radius 3 is 2.84 bits per heavy atom. The van der Waals surface area contributed by atoms with Crippen LogP contribution in [-0.2, 0) is 0 Å². The number of halogens is 2. The predicted molar refractivity (Wildman–Crippen MR) is 76.9 cm³/mol. The zero-order valence-corrected chi connectivity index (χ0v) is 11.9. The van der Waals surface area contributed by atoms with Gasteiger partial charge in [0.15, 0.2) is 5.75 Å². The quantitative estimate of drug-likeness (QED) is 0.591. The molecule has 1 aromatic carbocycles. The highest BCUT2D eigenvalue weighted by Gasteiger charge is 2.12. The molecule has 0 atom stereocenters. The third-order valence-electron chi connectivity index (χ3n) is 2.39. The minimum absolute atomic E-state index is 0.0193. The number of primary amides is 1. The van der Waals surface area contributed by atoms with Crippen molar-refractivity contribution >= 4 is 44.8 Å². The van der Waals surface area contributed by atoms with E-state index in [2.05, 4.69) is 26.2 Å². The van der Waals surface area contributed by atoms with Crippen LogP contribution >= 0.6 is 27.5 Å². The number of amides is 1. The summed E-state index contributed by atoms with van der Waals surface area (Å²) in [6.07, 6.45) is 1.28. The minimum Gasteiger partial charge on any atom is -0.505 e. The van der Waals surface area contributed by atoms with Gasteiger partial charge in [-0.05, 0) is 34.1 Å². The molecule has 0 aliphatic carbocycles. The number of phenols is 1. The van der Waals surface area contributed by atoms with Gasteiger partial charge in [-0.25, -0.2) is 4.98 Å². The molecule has 1 aromatic heterocycles. The van der Waals surface area contributed by atoms with E-state index in [1.807, 2.05) is 0 Å². The van der Waals surface area contributed by atoms with Gasteiger partial charge in [0.1, 0.15) is 5.15 Å². The molecule has 19 heavy (non-hydrogen) atoms. The van der Waals surface area contributed by atoms with Gasteiger partial charge in [-0.1, -0.05) is 17.7 Å². The second kappa shape index (κ2) is 5.46. The van der Waals surface area contributed by atoms with Crippen molar-refractivity contribution < 1.29 is 9.90 Å². The van der Waals surface area contributed by atoms with E-state index in [9.17, 15) is 9.90 Å². The van der Waals surface area contributed by atoms with Crippen molar-refractivity contribution in [3.05, 3.63) is 45.7 Å². The SMILES string of the molecule is NC(=O)c1cnc(Cl)cc1Nc1cccc(Br)c1O. The number of hydrogen-bond acceptors (Lipinski definition) is 4. The summed E-state index contributed by atoms with van der Waals surface area (Å²) in [6.45, 7) is 0. The summed E-state index contributed by atoms with van der Waals surface area (Å²) in [4.78, 5) is 15.1. The van der Waals surface area contributed by atoms with Crippen molar-refractivity contribution in [2.45, 2.75) is 0 Å². The molecule has 0 bridgehead atoms. The minimum atomic E-state index is -0.638. The number of benzene rings is 1. The van der Waals surface area contributed by atoms with E-state index < -0.39 is 5.91 Å². The predicted octanol–water partition coefficient (Wildman–Crippen LogP) is 3.05. The standard InChI is InChI=1S/C12H9BrClN3O2/c13-7-2-1-3-8(11(7)18)17-9-4-10(14)16-5-6(9)12(15)19/h1-5,18H,(H2,15,19)(H,16,17). The smallest absolute Gasteiger partial charge is 0.252 e. The van der Waals surface area contributed by atoms with Crippen LogP contribution in [0.5, 0.6) is 5.75 Å². The van der Waals surface area contributed by atoms with E-state index in [0.29, 0.717) is 15.8 Å². The van der Waals surface area contributed by atoms with Crippen LogP contribution in [0.3, 0.4) is 0 Å². The van der Waals surface area contributed by atoms with Crippen molar-refractivity contribution in [1.29, 1.82) is 0 Å². The van der Waals surface area contributed by atoms with Crippen molar-refractivity contribution in [2.24, 2.45) is 5.73 Å². The van der Waals surface area contributed by atoms with E-state index in [-0.39, 0.29) is 16.5 Å². The zero-order valence-electron chi connectivity index (χ0n) is 9.52. The molecule has 0 saturated carbocycles. The molecule has 0 aliphatic heterocycles. The first kappa shape index (κ1) is 13.6. The average molecular weight is 343 g/mol. The Kier molecular flexibility index (Phi) is 3.92. The first-order chi connectivity index (χ1) is 8.99. The maximum Gasteiger partial charge on any atom is 0.252 e. The number of anilines is 2. The van der Waals surface area contributed by atoms with Gasteiger partial charge in [-0.3, -0.25) is 4.79 Å². The molecule has 2 rings (SSSR count). The number of hydrogen-bond donors (Lipinski definition) is 3. The first-order valence-corrected chi connectivity index (χ1v) is 6.36. The summed E-state index contributed by atoms with van der Waals surface area (Å²) in [7, 11) is 0. The molecule has 0 fully saturated rings. The van der Waals surface area contributed by atoms with E-state index >= 15 is 0 Å². The summed E-state index contributed by atoms with van der Waals surface area (Å²) in [5.41, 5.74) is 6.23. The molecule has 1 amide bonds. The van der Waals surface area contributed by atoms with Crippen molar-refractivity contribution in [3.8, 4) is 5.75 Å². The number of phenolic OH excluding ortho intramolecular Hbond substituents is 1. The molecule has 0 radical (unpaired) electrons. The molecular weight excluding hydrogens is 334 g/mol. The molecule has 98 valence electrons. The Balaban J connectivity index is 2.45. The van der Waals surface area contributed by atoms with E-state index in [4.69, 9.17) is 17.3 Å². The van der Waals surface area contributed by atoms with Gasteiger partial charge in [0.05, 0.1) is 21.4 Å². The number of aromatic hydroxyl groups is 1. The van der Waals surface area contributed by atoms with E-state index in [1.54, 1.807) is 18.2 Å². The number of aromatic nitrogens is 1. The molecule has 0 unspecified atom stereocenters. The summed E-state index contributed by atoms with van der Waals surface area (Å²) in [5.74, 6) is -0.619. The summed E-state index contributed by atoms with van der Waals surface area (Å²) in [5, 5.41) is 13.0. The fraction of sp³-hybridized carbons (Fsp3) is 0. The van der Waals surface area contributed by atoms with E-state index in [1.165, 1.54) is 12.3 Å². The number of carbonyl (C=O) groups is 1. The highest BCUT2D eigenvalue weighted by molar-refractivity contribution is 9.10. The maximum atomic E-state index is 11.3. The largest absolute Gasteiger partial charge is 0.505 e. The highest BCUT2D eigenvalue weighted by atomic mass is 79.9. The van der Waals surface area contributed by atoms with Crippen LogP contribution in [0.2, 0.25) is 5.15 Å². The first-order valence-electron chi connectivity index (χ1n) is 5.19. The Morgan fingerprint density at radius 2 is 2.16 bits per heavy atom. The fourth-order valence-electron chi connectivity index (χ4n) is 1.49. The van der Waals surface area contributed by atoms with Crippen molar-refractivity contribution in [1.82, 2.24) is 4.98 Å². The highest BCUT2D eigenvalue weighted by Crippen LogP contribution is 2.34.